The van der Waals surface area contributed by atoms with Crippen LogP contribution in [-0.4, -0.2) is 6.29 Å². The smallest absolute Gasteiger partial charge is 0.123 e. The number of carbonyl (C=O) groups is 1. The lowest BCUT2D eigenvalue weighted by molar-refractivity contribution is -0.111. The van der Waals surface area contributed by atoms with Crippen molar-refractivity contribution in [2.45, 2.75) is 57.8 Å². The van der Waals surface area contributed by atoms with Crippen molar-refractivity contribution >= 4 is 6.29 Å². The molecule has 1 saturated carbocycles. The van der Waals surface area contributed by atoms with Crippen LogP contribution in [0.2, 0.25) is 0 Å². The fourth-order valence-corrected chi connectivity index (χ4v) is 1.98. The first-order valence-corrected chi connectivity index (χ1v) is 5.39. The molecule has 1 nitrogen and oxygen atoms in total. The quantitative estimate of drug-likeness (QED) is 0.549. The van der Waals surface area contributed by atoms with E-state index in [0.29, 0.717) is 5.92 Å². The molecule has 0 radical (unpaired) electrons. The summed E-state index contributed by atoms with van der Waals surface area (Å²) in [7, 11) is 0. The predicted octanol–water partition coefficient (Wildman–Crippen LogP) is 3.33. The summed E-state index contributed by atoms with van der Waals surface area (Å²) >= 11 is 0. The van der Waals surface area contributed by atoms with Gasteiger partial charge < -0.3 is 4.79 Å². The average molecular weight is 168 g/mol. The Labute approximate surface area is 75.5 Å². The molecule has 0 atom stereocenters. The van der Waals surface area contributed by atoms with Gasteiger partial charge in [-0.25, -0.2) is 0 Å². The van der Waals surface area contributed by atoms with E-state index in [-0.39, 0.29) is 0 Å². The average Bonchev–Trinajstić information content (AvgIpc) is 2.14. The minimum Gasteiger partial charge on any atom is -0.303 e. The molecule has 1 rings (SSSR count). The first-order valence-electron chi connectivity index (χ1n) is 5.39. The number of aldehydes is 1. The van der Waals surface area contributed by atoms with E-state index in [2.05, 4.69) is 0 Å². The highest BCUT2D eigenvalue weighted by molar-refractivity contribution is 5.53. The van der Waals surface area contributed by atoms with Crippen LogP contribution in [0.5, 0.6) is 0 Å². The minimum atomic E-state index is 0.378. The Bertz CT molecular complexity index is 110. The van der Waals surface area contributed by atoms with Crippen LogP contribution in [0.25, 0.3) is 0 Å². The summed E-state index contributed by atoms with van der Waals surface area (Å²) in [6, 6.07) is 0. The Morgan fingerprint density at radius 1 is 0.750 bits per heavy atom. The molecule has 0 unspecified atom stereocenters. The fraction of sp³-hybridized carbons (Fsp3) is 0.909. The third-order valence-electron chi connectivity index (χ3n) is 2.84. The maximum atomic E-state index is 10.6. The minimum absolute atomic E-state index is 0.378. The van der Waals surface area contributed by atoms with Crippen molar-refractivity contribution in [3.63, 3.8) is 0 Å². The Morgan fingerprint density at radius 2 is 1.17 bits per heavy atom. The van der Waals surface area contributed by atoms with Crippen molar-refractivity contribution in [3.8, 4) is 0 Å². The molecular weight excluding hydrogens is 148 g/mol. The van der Waals surface area contributed by atoms with Gasteiger partial charge in [0.2, 0.25) is 0 Å². The molecule has 70 valence electrons. The Kier molecular flexibility index (Phi) is 5.05. The lowest BCUT2D eigenvalue weighted by Gasteiger charge is -2.11. The molecule has 0 N–H and O–H groups in total. The molecule has 0 aliphatic heterocycles. The van der Waals surface area contributed by atoms with E-state index in [1.165, 1.54) is 51.2 Å². The lowest BCUT2D eigenvalue weighted by Crippen LogP contribution is -2.03. The predicted molar refractivity (Wildman–Crippen MR) is 51.1 cm³/mol. The van der Waals surface area contributed by atoms with Gasteiger partial charge in [0.1, 0.15) is 6.29 Å². The maximum absolute atomic E-state index is 10.6. The molecule has 1 fully saturated rings. The molecule has 0 bridgehead atoms. The Hall–Kier alpha value is -0.330. The van der Waals surface area contributed by atoms with E-state index >= 15 is 0 Å². The van der Waals surface area contributed by atoms with E-state index in [1.54, 1.807) is 0 Å². The van der Waals surface area contributed by atoms with E-state index in [1.807, 2.05) is 0 Å². The van der Waals surface area contributed by atoms with Crippen molar-refractivity contribution < 1.29 is 4.79 Å². The van der Waals surface area contributed by atoms with Crippen molar-refractivity contribution in [1.82, 2.24) is 0 Å². The maximum Gasteiger partial charge on any atom is 0.123 e. The molecule has 0 aromatic rings. The van der Waals surface area contributed by atoms with Gasteiger partial charge in [0.15, 0.2) is 0 Å². The van der Waals surface area contributed by atoms with Crippen LogP contribution in [0, 0.1) is 5.92 Å². The molecule has 1 heteroatoms. The zero-order chi connectivity index (χ0) is 8.65. The second kappa shape index (κ2) is 6.22. The van der Waals surface area contributed by atoms with Gasteiger partial charge in [0, 0.05) is 5.92 Å². The van der Waals surface area contributed by atoms with Crippen molar-refractivity contribution in [3.05, 3.63) is 0 Å². The zero-order valence-electron chi connectivity index (χ0n) is 7.93. The highest BCUT2D eigenvalue weighted by Crippen LogP contribution is 2.19. The van der Waals surface area contributed by atoms with Gasteiger partial charge in [-0.2, -0.15) is 0 Å². The molecule has 1 aliphatic rings. The van der Waals surface area contributed by atoms with Crippen molar-refractivity contribution in [1.29, 1.82) is 0 Å². The van der Waals surface area contributed by atoms with E-state index in [4.69, 9.17) is 0 Å². The first-order chi connectivity index (χ1) is 5.93. The topological polar surface area (TPSA) is 17.1 Å². The Morgan fingerprint density at radius 3 is 1.58 bits per heavy atom. The third-order valence-corrected chi connectivity index (χ3v) is 2.84. The number of rotatable bonds is 1. The summed E-state index contributed by atoms with van der Waals surface area (Å²) in [5.41, 5.74) is 0. The zero-order valence-corrected chi connectivity index (χ0v) is 7.93. The monoisotopic (exact) mass is 168 g/mol. The van der Waals surface area contributed by atoms with Gasteiger partial charge in [-0.3, -0.25) is 0 Å². The van der Waals surface area contributed by atoms with Crippen LogP contribution in [0.15, 0.2) is 0 Å². The second-order valence-corrected chi connectivity index (χ2v) is 3.95. The van der Waals surface area contributed by atoms with Gasteiger partial charge in [-0.05, 0) is 12.8 Å². The fourth-order valence-electron chi connectivity index (χ4n) is 1.98. The van der Waals surface area contributed by atoms with Crippen LogP contribution >= 0.6 is 0 Å². The highest BCUT2D eigenvalue weighted by atomic mass is 16.1. The molecule has 0 aromatic heterocycles. The molecule has 0 aromatic carbocycles. The molecule has 0 spiro atoms. The van der Waals surface area contributed by atoms with Crippen LogP contribution in [-0.2, 0) is 4.79 Å². The second-order valence-electron chi connectivity index (χ2n) is 3.95. The van der Waals surface area contributed by atoms with Gasteiger partial charge in [-0.15, -0.1) is 0 Å². The molecule has 0 saturated heterocycles. The third kappa shape index (κ3) is 3.89. The summed E-state index contributed by atoms with van der Waals surface area (Å²) in [6.45, 7) is 0. The molecule has 0 heterocycles. The standard InChI is InChI=1S/C11H20O/c12-10-11-8-6-4-2-1-3-5-7-9-11/h10-11H,1-9H2. The lowest BCUT2D eigenvalue weighted by atomic mass is 9.93. The summed E-state index contributed by atoms with van der Waals surface area (Å²) in [4.78, 5) is 10.6. The normalized spacial score (nSPS) is 23.3. The number of hydrogen-bond donors (Lipinski definition) is 0. The van der Waals surface area contributed by atoms with E-state index in [9.17, 15) is 4.79 Å². The van der Waals surface area contributed by atoms with Gasteiger partial charge >= 0.3 is 0 Å². The van der Waals surface area contributed by atoms with Gasteiger partial charge in [0.05, 0.1) is 0 Å². The summed E-state index contributed by atoms with van der Waals surface area (Å²) in [5.74, 6) is 0.378. The summed E-state index contributed by atoms with van der Waals surface area (Å²) < 4.78 is 0. The highest BCUT2D eigenvalue weighted by Gasteiger charge is 2.07. The summed E-state index contributed by atoms with van der Waals surface area (Å²) in [5, 5.41) is 0. The number of hydrogen-bond acceptors (Lipinski definition) is 1. The molecular formula is C11H20O. The van der Waals surface area contributed by atoms with Crippen molar-refractivity contribution in [2.75, 3.05) is 0 Å². The van der Waals surface area contributed by atoms with Gasteiger partial charge in [-0.1, -0.05) is 44.9 Å². The van der Waals surface area contributed by atoms with E-state index in [0.717, 1.165) is 12.8 Å². The van der Waals surface area contributed by atoms with Crippen LogP contribution in [0.4, 0.5) is 0 Å². The largest absolute Gasteiger partial charge is 0.303 e. The van der Waals surface area contributed by atoms with E-state index < -0.39 is 0 Å². The summed E-state index contributed by atoms with van der Waals surface area (Å²) in [6.07, 6.45) is 12.8. The molecule has 1 aliphatic carbocycles. The van der Waals surface area contributed by atoms with Crippen LogP contribution in [0.3, 0.4) is 0 Å². The van der Waals surface area contributed by atoms with Crippen LogP contribution in [0.1, 0.15) is 57.8 Å². The number of carbonyl (C=O) groups excluding carboxylic acids is 1. The SMILES string of the molecule is O=CC1CCCCCCCCC1. The van der Waals surface area contributed by atoms with Gasteiger partial charge in [0.25, 0.3) is 0 Å². The van der Waals surface area contributed by atoms with Crippen molar-refractivity contribution in [2.24, 2.45) is 5.92 Å². The first kappa shape index (κ1) is 9.76. The van der Waals surface area contributed by atoms with Crippen LogP contribution < -0.4 is 0 Å². The molecule has 0 amide bonds. The molecule has 12 heavy (non-hydrogen) atoms. The Balaban J connectivity index is 2.21.